The normalized spacial score (nSPS) is 25.3. The zero-order chi connectivity index (χ0) is 16.7. The van der Waals surface area contributed by atoms with E-state index in [2.05, 4.69) is 13.8 Å². The summed E-state index contributed by atoms with van der Waals surface area (Å²) in [5, 5.41) is 0. The van der Waals surface area contributed by atoms with Crippen molar-refractivity contribution in [3.8, 4) is 0 Å². The van der Waals surface area contributed by atoms with E-state index in [0.717, 1.165) is 57.8 Å². The van der Waals surface area contributed by atoms with E-state index in [1.54, 1.807) is 0 Å². The lowest BCUT2D eigenvalue weighted by Gasteiger charge is -2.26. The smallest absolute Gasteiger partial charge is 0.334 e. The third-order valence-electron chi connectivity index (χ3n) is 5.04. The van der Waals surface area contributed by atoms with Crippen molar-refractivity contribution in [1.82, 2.24) is 0 Å². The van der Waals surface area contributed by atoms with Gasteiger partial charge in [0.25, 0.3) is 0 Å². The molecule has 0 radical (unpaired) electrons. The number of esters is 2. The highest BCUT2D eigenvalue weighted by Gasteiger charge is 2.55. The third-order valence-corrected chi connectivity index (χ3v) is 5.04. The number of ether oxygens (including phenoxy) is 2. The average molecular weight is 322 g/mol. The SMILES string of the molecule is CCCCCOC(=O)C1=CC2CCC1(C(=O)OCCCCC)C2. The Balaban J connectivity index is 1.92. The first kappa shape index (κ1) is 18.0. The van der Waals surface area contributed by atoms with Crippen LogP contribution in [0, 0.1) is 11.3 Å². The molecule has 0 aromatic carbocycles. The summed E-state index contributed by atoms with van der Waals surface area (Å²) in [5.74, 6) is -0.199. The first-order valence-electron chi connectivity index (χ1n) is 9.20. The molecule has 2 aliphatic carbocycles. The van der Waals surface area contributed by atoms with Gasteiger partial charge in [0.15, 0.2) is 0 Å². The van der Waals surface area contributed by atoms with Crippen LogP contribution in [0.15, 0.2) is 11.6 Å². The fraction of sp³-hybridized carbons (Fsp3) is 0.789. The van der Waals surface area contributed by atoms with E-state index in [4.69, 9.17) is 9.47 Å². The minimum absolute atomic E-state index is 0.217. The van der Waals surface area contributed by atoms with E-state index >= 15 is 0 Å². The summed E-state index contributed by atoms with van der Waals surface area (Å²) in [4.78, 5) is 25.0. The number of carbonyl (C=O) groups excluding carboxylic acids is 2. The van der Waals surface area contributed by atoms with Gasteiger partial charge in [0, 0.05) is 0 Å². The van der Waals surface area contributed by atoms with E-state index < -0.39 is 5.41 Å². The fourth-order valence-corrected chi connectivity index (χ4v) is 3.67. The number of fused-ring (bicyclic) bond motifs is 2. The van der Waals surface area contributed by atoms with Gasteiger partial charge >= 0.3 is 11.9 Å². The molecule has 2 unspecified atom stereocenters. The van der Waals surface area contributed by atoms with E-state index in [-0.39, 0.29) is 11.9 Å². The molecule has 0 aromatic rings. The summed E-state index contributed by atoms with van der Waals surface area (Å²) in [5.41, 5.74) is -0.163. The van der Waals surface area contributed by atoms with Crippen LogP contribution in [-0.2, 0) is 19.1 Å². The van der Waals surface area contributed by atoms with E-state index in [0.29, 0.717) is 24.7 Å². The van der Waals surface area contributed by atoms with Crippen molar-refractivity contribution in [2.75, 3.05) is 13.2 Å². The average Bonchev–Trinajstić information content (AvgIpc) is 3.15. The van der Waals surface area contributed by atoms with Crippen LogP contribution in [0.25, 0.3) is 0 Å². The minimum Gasteiger partial charge on any atom is -0.465 e. The predicted octanol–water partition coefficient (Wildman–Crippen LogP) is 4.18. The zero-order valence-corrected chi connectivity index (χ0v) is 14.6. The van der Waals surface area contributed by atoms with Gasteiger partial charge in [-0.3, -0.25) is 4.79 Å². The Labute approximate surface area is 139 Å². The maximum absolute atomic E-state index is 12.6. The number of unbranched alkanes of at least 4 members (excludes halogenated alkanes) is 4. The highest BCUT2D eigenvalue weighted by atomic mass is 16.5. The molecule has 0 N–H and O–H groups in total. The van der Waals surface area contributed by atoms with Crippen molar-refractivity contribution in [3.05, 3.63) is 11.6 Å². The lowest BCUT2D eigenvalue weighted by atomic mass is 9.80. The van der Waals surface area contributed by atoms with Gasteiger partial charge in [-0.25, -0.2) is 4.79 Å². The second-order valence-electron chi connectivity index (χ2n) is 6.85. The van der Waals surface area contributed by atoms with Crippen LogP contribution in [0.4, 0.5) is 0 Å². The molecule has 1 saturated carbocycles. The minimum atomic E-state index is -0.723. The Bertz CT molecular complexity index is 454. The van der Waals surface area contributed by atoms with Crippen LogP contribution < -0.4 is 0 Å². The van der Waals surface area contributed by atoms with Crippen LogP contribution in [0.3, 0.4) is 0 Å². The molecular formula is C19H30O4. The molecule has 4 nitrogen and oxygen atoms in total. The molecule has 4 heteroatoms. The highest BCUT2D eigenvalue weighted by molar-refractivity contribution is 5.99. The van der Waals surface area contributed by atoms with Crippen molar-refractivity contribution in [3.63, 3.8) is 0 Å². The molecule has 130 valence electrons. The standard InChI is InChI=1S/C19H30O4/c1-3-5-7-11-22-17(20)16-13-15-9-10-19(16,14-15)18(21)23-12-8-6-4-2/h13,15H,3-12,14H2,1-2H3. The number of allylic oxidation sites excluding steroid dienone is 1. The molecular weight excluding hydrogens is 292 g/mol. The molecule has 2 atom stereocenters. The van der Waals surface area contributed by atoms with Crippen molar-refractivity contribution in [2.24, 2.45) is 11.3 Å². The van der Waals surface area contributed by atoms with Gasteiger partial charge in [0.1, 0.15) is 5.41 Å². The fourth-order valence-electron chi connectivity index (χ4n) is 3.67. The summed E-state index contributed by atoms with van der Waals surface area (Å²) in [7, 11) is 0. The Kier molecular flexibility index (Phi) is 6.67. The summed E-state index contributed by atoms with van der Waals surface area (Å²) in [6.45, 7) is 5.13. The molecule has 0 heterocycles. The molecule has 0 saturated heterocycles. The molecule has 2 aliphatic rings. The molecule has 23 heavy (non-hydrogen) atoms. The van der Waals surface area contributed by atoms with Crippen LogP contribution >= 0.6 is 0 Å². The van der Waals surface area contributed by atoms with Gasteiger partial charge in [-0.05, 0) is 38.0 Å². The summed E-state index contributed by atoms with van der Waals surface area (Å²) < 4.78 is 10.9. The summed E-state index contributed by atoms with van der Waals surface area (Å²) in [6.07, 6.45) is 10.4. The van der Waals surface area contributed by atoms with Crippen LogP contribution in [0.1, 0.15) is 71.6 Å². The number of hydrogen-bond donors (Lipinski definition) is 0. The highest BCUT2D eigenvalue weighted by Crippen LogP contribution is 2.54. The largest absolute Gasteiger partial charge is 0.465 e. The molecule has 0 aromatic heterocycles. The number of rotatable bonds is 10. The van der Waals surface area contributed by atoms with Gasteiger partial charge in [-0.2, -0.15) is 0 Å². The Morgan fingerprint density at radius 2 is 1.74 bits per heavy atom. The van der Waals surface area contributed by atoms with Crippen LogP contribution in [0.5, 0.6) is 0 Å². The first-order chi connectivity index (χ1) is 11.1. The van der Waals surface area contributed by atoms with Crippen LogP contribution in [-0.4, -0.2) is 25.2 Å². The molecule has 2 rings (SSSR count). The monoisotopic (exact) mass is 322 g/mol. The lowest BCUT2D eigenvalue weighted by molar-refractivity contribution is -0.156. The Hall–Kier alpha value is -1.32. The maximum Gasteiger partial charge on any atom is 0.334 e. The van der Waals surface area contributed by atoms with Gasteiger partial charge in [0.05, 0.1) is 18.8 Å². The molecule has 0 amide bonds. The quantitative estimate of drug-likeness (QED) is 0.447. The van der Waals surface area contributed by atoms with Crippen molar-refractivity contribution in [1.29, 1.82) is 0 Å². The van der Waals surface area contributed by atoms with E-state index in [1.165, 1.54) is 0 Å². The molecule has 2 bridgehead atoms. The van der Waals surface area contributed by atoms with Crippen molar-refractivity contribution in [2.45, 2.75) is 71.6 Å². The van der Waals surface area contributed by atoms with Gasteiger partial charge in [-0.1, -0.05) is 45.6 Å². The number of carbonyl (C=O) groups is 2. The zero-order valence-electron chi connectivity index (χ0n) is 14.6. The maximum atomic E-state index is 12.6. The lowest BCUT2D eigenvalue weighted by Crippen LogP contribution is -2.35. The van der Waals surface area contributed by atoms with Gasteiger partial charge in [-0.15, -0.1) is 0 Å². The van der Waals surface area contributed by atoms with E-state index in [1.807, 2.05) is 6.08 Å². The third kappa shape index (κ3) is 4.15. The van der Waals surface area contributed by atoms with E-state index in [9.17, 15) is 9.59 Å². The Morgan fingerprint density at radius 1 is 1.09 bits per heavy atom. The Morgan fingerprint density at radius 3 is 2.35 bits per heavy atom. The predicted molar refractivity (Wildman–Crippen MR) is 88.8 cm³/mol. The van der Waals surface area contributed by atoms with Gasteiger partial charge in [0.2, 0.25) is 0 Å². The topological polar surface area (TPSA) is 52.6 Å². The van der Waals surface area contributed by atoms with Gasteiger partial charge < -0.3 is 9.47 Å². The molecule has 1 fully saturated rings. The van der Waals surface area contributed by atoms with Crippen molar-refractivity contribution < 1.29 is 19.1 Å². The molecule has 0 aliphatic heterocycles. The summed E-state index contributed by atoms with van der Waals surface area (Å²) in [6, 6.07) is 0. The first-order valence-corrected chi connectivity index (χ1v) is 9.20. The van der Waals surface area contributed by atoms with Crippen LogP contribution in [0.2, 0.25) is 0 Å². The second kappa shape index (κ2) is 8.51. The van der Waals surface area contributed by atoms with Crippen molar-refractivity contribution >= 4 is 11.9 Å². The molecule has 0 spiro atoms. The summed E-state index contributed by atoms with van der Waals surface area (Å²) >= 11 is 0. The number of hydrogen-bond acceptors (Lipinski definition) is 4. The second-order valence-corrected chi connectivity index (χ2v) is 6.85.